The van der Waals surface area contributed by atoms with Crippen molar-refractivity contribution in [2.45, 2.75) is 87.4 Å². The van der Waals surface area contributed by atoms with Gasteiger partial charge in [0.1, 0.15) is 11.6 Å². The minimum Gasteiger partial charge on any atom is -0.465 e. The number of carbonyl (C=O) groups excluding carboxylic acids is 3. The van der Waals surface area contributed by atoms with Gasteiger partial charge >= 0.3 is 5.97 Å². The molecule has 9 heteroatoms. The monoisotopic (exact) mass is 568 g/mol. The fraction of sp³-hybridized carbons (Fsp3) is 0.741. The molecule has 6 atom stereocenters. The van der Waals surface area contributed by atoms with Crippen LogP contribution in [0.5, 0.6) is 0 Å². The van der Waals surface area contributed by atoms with Crippen molar-refractivity contribution in [1.29, 1.82) is 0 Å². The van der Waals surface area contributed by atoms with Crippen LogP contribution in [-0.2, 0) is 23.9 Å². The van der Waals surface area contributed by atoms with Crippen molar-refractivity contribution in [3.05, 3.63) is 25.3 Å². The highest BCUT2D eigenvalue weighted by Crippen LogP contribution is 2.60. The Kier molecular flexibility index (Phi) is 10.2. The third kappa shape index (κ3) is 5.43. The van der Waals surface area contributed by atoms with E-state index >= 15 is 0 Å². The van der Waals surface area contributed by atoms with Crippen molar-refractivity contribution in [3.8, 4) is 0 Å². The predicted molar refractivity (Wildman–Crippen MR) is 140 cm³/mol. The second-order valence-electron chi connectivity index (χ2n) is 10.3. The number of hydrogen-bond donors (Lipinski definition) is 1. The Bertz CT molecular complexity index is 835. The van der Waals surface area contributed by atoms with E-state index in [1.54, 1.807) is 15.9 Å². The Morgan fingerprint density at radius 1 is 1.25 bits per heavy atom. The molecule has 3 saturated heterocycles. The summed E-state index contributed by atoms with van der Waals surface area (Å²) in [6.45, 7) is 12.5. The van der Waals surface area contributed by atoms with Crippen LogP contribution in [0.15, 0.2) is 25.3 Å². The lowest BCUT2D eigenvalue weighted by Crippen LogP contribution is -2.58. The fourth-order valence-corrected chi connectivity index (χ4v) is 6.94. The van der Waals surface area contributed by atoms with Gasteiger partial charge < -0.3 is 24.4 Å². The number of hydrogen-bond acceptors (Lipinski definition) is 6. The van der Waals surface area contributed by atoms with Crippen molar-refractivity contribution in [3.63, 3.8) is 0 Å². The van der Waals surface area contributed by atoms with E-state index in [0.717, 1.165) is 25.7 Å². The zero-order chi connectivity index (χ0) is 26.5. The lowest BCUT2D eigenvalue weighted by atomic mass is 9.70. The van der Waals surface area contributed by atoms with E-state index in [0.29, 0.717) is 32.4 Å². The zero-order valence-corrected chi connectivity index (χ0v) is 23.2. The minimum absolute atomic E-state index is 0.0834. The molecule has 8 nitrogen and oxygen atoms in total. The van der Waals surface area contributed by atoms with Gasteiger partial charge in [0.15, 0.2) is 0 Å². The number of aliphatic hydroxyl groups is 1. The van der Waals surface area contributed by atoms with E-state index in [4.69, 9.17) is 9.47 Å². The first-order chi connectivity index (χ1) is 17.2. The van der Waals surface area contributed by atoms with E-state index in [-0.39, 0.29) is 35.9 Å². The van der Waals surface area contributed by atoms with Gasteiger partial charge in [0, 0.05) is 30.6 Å². The van der Waals surface area contributed by atoms with Gasteiger partial charge in [0.25, 0.3) is 0 Å². The van der Waals surface area contributed by atoms with Gasteiger partial charge in [-0.2, -0.15) is 0 Å². The highest BCUT2D eigenvalue weighted by atomic mass is 79.9. The van der Waals surface area contributed by atoms with Crippen LogP contribution in [-0.4, -0.2) is 87.6 Å². The first kappa shape index (κ1) is 28.9. The number of fused-ring (bicyclic) bond motifs is 1. The Morgan fingerprint density at radius 3 is 2.64 bits per heavy atom. The van der Waals surface area contributed by atoms with Crippen molar-refractivity contribution >= 4 is 33.7 Å². The normalized spacial score (nSPS) is 30.5. The standard InChI is InChI=1S/C27H41BrN2O6/c1-5-7-8-12-16-35-26(34)20-21-24(32)30(14-10-9-11-15-31)23(25(33)29(13-6-2)18(3)4)27(21)17-19(28)22(20)36-27/h5-6,18-23,31H,1-2,7-17H2,3-4H3/t19?,20-,21-,22-,23?,27?/m0/s1. The molecule has 0 aliphatic carbocycles. The highest BCUT2D eigenvalue weighted by Gasteiger charge is 2.77. The summed E-state index contributed by atoms with van der Waals surface area (Å²) in [5, 5.41) is 9.17. The maximum atomic E-state index is 14.0. The number of allylic oxidation sites excluding steroid dienone is 1. The molecule has 1 N–H and O–H groups in total. The number of likely N-dealkylation sites (tertiary alicyclic amines) is 1. The minimum atomic E-state index is -1.08. The summed E-state index contributed by atoms with van der Waals surface area (Å²) in [6, 6.07) is -0.908. The highest BCUT2D eigenvalue weighted by molar-refractivity contribution is 9.09. The molecular weight excluding hydrogens is 528 g/mol. The van der Waals surface area contributed by atoms with Gasteiger partial charge in [-0.05, 0) is 58.8 Å². The zero-order valence-electron chi connectivity index (χ0n) is 21.6. The van der Waals surface area contributed by atoms with Crippen LogP contribution in [0.1, 0.15) is 58.8 Å². The molecule has 1 spiro atoms. The smallest absolute Gasteiger partial charge is 0.312 e. The van der Waals surface area contributed by atoms with Crippen LogP contribution in [0.2, 0.25) is 0 Å². The molecule has 0 aromatic rings. The molecule has 0 aromatic carbocycles. The number of unbranched alkanes of at least 4 members (excludes halogenated alkanes) is 4. The summed E-state index contributed by atoms with van der Waals surface area (Å²) in [7, 11) is 0. The van der Waals surface area contributed by atoms with E-state index < -0.39 is 35.6 Å². The van der Waals surface area contributed by atoms with E-state index in [2.05, 4.69) is 29.1 Å². The third-order valence-corrected chi connectivity index (χ3v) is 8.48. The van der Waals surface area contributed by atoms with Gasteiger partial charge in [-0.15, -0.1) is 13.2 Å². The number of alkyl halides is 1. The van der Waals surface area contributed by atoms with Gasteiger partial charge in [0.2, 0.25) is 11.8 Å². The molecule has 2 bridgehead atoms. The SMILES string of the molecule is C=CCCCCOC(=O)[C@H]1[C@H]2C(=O)N(CCCCCO)C(C(=O)N(CC=C)C(C)C)C23CC(Br)[C@@H]1O3. The lowest BCUT2D eigenvalue weighted by Gasteiger charge is -2.38. The number of esters is 1. The molecule has 3 aliphatic heterocycles. The fourth-order valence-electron chi connectivity index (χ4n) is 6.00. The summed E-state index contributed by atoms with van der Waals surface area (Å²) < 4.78 is 12.1. The summed E-state index contributed by atoms with van der Waals surface area (Å²) in [4.78, 5) is 44.4. The van der Waals surface area contributed by atoms with Crippen molar-refractivity contribution in [2.75, 3.05) is 26.3 Å². The van der Waals surface area contributed by atoms with Crippen molar-refractivity contribution in [2.24, 2.45) is 11.8 Å². The van der Waals surface area contributed by atoms with Gasteiger partial charge in [-0.1, -0.05) is 28.1 Å². The number of carbonyl (C=O) groups is 3. The van der Waals surface area contributed by atoms with Crippen LogP contribution in [0.3, 0.4) is 0 Å². The first-order valence-corrected chi connectivity index (χ1v) is 14.1. The maximum absolute atomic E-state index is 14.0. The summed E-state index contributed by atoms with van der Waals surface area (Å²) in [5.41, 5.74) is -1.08. The number of halogens is 1. The molecular formula is C27H41BrN2O6. The summed E-state index contributed by atoms with van der Waals surface area (Å²) in [6.07, 6.45) is 7.95. The number of nitrogens with zero attached hydrogens (tertiary/aromatic N) is 2. The molecule has 3 rings (SSSR count). The number of rotatable bonds is 15. The van der Waals surface area contributed by atoms with E-state index in [1.807, 2.05) is 19.9 Å². The lowest BCUT2D eigenvalue weighted by molar-refractivity contribution is -0.155. The number of ether oxygens (including phenoxy) is 2. The molecule has 0 radical (unpaired) electrons. The average Bonchev–Trinajstić information content (AvgIpc) is 3.43. The van der Waals surface area contributed by atoms with Gasteiger partial charge in [-0.3, -0.25) is 14.4 Å². The maximum Gasteiger partial charge on any atom is 0.312 e. The molecule has 3 heterocycles. The topological polar surface area (TPSA) is 96.4 Å². The quantitative estimate of drug-likeness (QED) is 0.141. The molecule has 0 aromatic heterocycles. The van der Waals surface area contributed by atoms with Crippen LogP contribution >= 0.6 is 15.9 Å². The van der Waals surface area contributed by atoms with Crippen LogP contribution < -0.4 is 0 Å². The van der Waals surface area contributed by atoms with E-state index in [9.17, 15) is 19.5 Å². The van der Waals surface area contributed by atoms with Crippen LogP contribution in [0.4, 0.5) is 0 Å². The van der Waals surface area contributed by atoms with E-state index in [1.165, 1.54) is 0 Å². The molecule has 3 aliphatic rings. The van der Waals surface area contributed by atoms with Crippen LogP contribution in [0, 0.1) is 11.8 Å². The first-order valence-electron chi connectivity index (χ1n) is 13.2. The van der Waals surface area contributed by atoms with Gasteiger partial charge in [-0.25, -0.2) is 0 Å². The molecule has 2 amide bonds. The Morgan fingerprint density at radius 2 is 2.00 bits per heavy atom. The number of amides is 2. The molecule has 36 heavy (non-hydrogen) atoms. The Labute approximate surface area is 223 Å². The Hall–Kier alpha value is -1.71. The molecule has 3 fully saturated rings. The molecule has 202 valence electrons. The third-order valence-electron chi connectivity index (χ3n) is 7.63. The van der Waals surface area contributed by atoms with Crippen molar-refractivity contribution in [1.82, 2.24) is 9.80 Å². The molecule has 3 unspecified atom stereocenters. The second-order valence-corrected chi connectivity index (χ2v) is 11.5. The average molecular weight is 570 g/mol. The summed E-state index contributed by atoms with van der Waals surface area (Å²) >= 11 is 3.68. The number of aliphatic hydroxyl groups excluding tert-OH is 1. The summed E-state index contributed by atoms with van der Waals surface area (Å²) in [5.74, 6) is -2.32. The predicted octanol–water partition coefficient (Wildman–Crippen LogP) is 3.22. The Balaban J connectivity index is 1.91. The van der Waals surface area contributed by atoms with Gasteiger partial charge in [0.05, 0.1) is 24.5 Å². The second kappa shape index (κ2) is 12.7. The van der Waals surface area contributed by atoms with Crippen molar-refractivity contribution < 1.29 is 29.0 Å². The molecule has 0 saturated carbocycles. The largest absolute Gasteiger partial charge is 0.465 e. The van der Waals surface area contributed by atoms with Crippen LogP contribution in [0.25, 0.3) is 0 Å².